The fourth-order valence-electron chi connectivity index (χ4n) is 2.37. The highest BCUT2D eigenvalue weighted by Gasteiger charge is 2.17. The van der Waals surface area contributed by atoms with Crippen molar-refractivity contribution in [3.05, 3.63) is 41.5 Å². The highest BCUT2D eigenvalue weighted by Crippen LogP contribution is 2.31. The number of aliphatic carboxylic acids is 1. The normalized spacial score (nSPS) is 12.4. The highest BCUT2D eigenvalue weighted by atomic mass is 32.2. The van der Waals surface area contributed by atoms with E-state index >= 15 is 0 Å². The fourth-order valence-corrected chi connectivity index (χ4v) is 3.36. The lowest BCUT2D eigenvalue weighted by Gasteiger charge is -2.15. The molecule has 0 saturated heterocycles. The number of carboxylic acid groups (broad SMARTS) is 1. The Hall–Kier alpha value is -2.52. The van der Waals surface area contributed by atoms with Crippen LogP contribution in [0, 0.1) is 18.3 Å². The van der Waals surface area contributed by atoms with Crippen molar-refractivity contribution in [3.8, 4) is 6.07 Å². The summed E-state index contributed by atoms with van der Waals surface area (Å²) in [7, 11) is 0. The topological polar surface area (TPSA) is 81.2 Å². The molecular weight excluding hydrogens is 298 g/mol. The molecule has 110 valence electrons. The number of rotatable bonds is 3. The number of carbonyl (C=O) groups is 1. The van der Waals surface area contributed by atoms with Crippen LogP contribution in [0.1, 0.15) is 18.1 Å². The van der Waals surface area contributed by atoms with Gasteiger partial charge in [0.25, 0.3) is 0 Å². The monoisotopic (exact) mass is 310 g/mol. The van der Waals surface area contributed by atoms with Gasteiger partial charge >= 0.3 is 0 Å². The number of nitriles is 1. The molecule has 0 unspecified atom stereocenters. The van der Waals surface area contributed by atoms with Crippen molar-refractivity contribution < 1.29 is 9.90 Å². The molecule has 2 heterocycles. The van der Waals surface area contributed by atoms with Crippen molar-refractivity contribution in [3.63, 3.8) is 0 Å². The molecule has 0 saturated carbocycles. The lowest BCUT2D eigenvalue weighted by molar-refractivity contribution is -0.304. The summed E-state index contributed by atoms with van der Waals surface area (Å²) in [6.07, 6.45) is 0. The van der Waals surface area contributed by atoms with Gasteiger partial charge < -0.3 is 9.90 Å². The van der Waals surface area contributed by atoms with Gasteiger partial charge in [-0.25, -0.2) is 4.98 Å². The number of hydrogen-bond donors (Lipinski definition) is 0. The first kappa shape index (κ1) is 14.4. The largest absolute Gasteiger partial charge is 0.549 e. The third-order valence-corrected chi connectivity index (χ3v) is 4.57. The van der Waals surface area contributed by atoms with E-state index in [1.54, 1.807) is 6.92 Å². The zero-order chi connectivity index (χ0) is 15.9. The minimum atomic E-state index is -1.12. The Kier molecular flexibility index (Phi) is 3.51. The quantitative estimate of drug-likeness (QED) is 0.690. The average Bonchev–Trinajstić information content (AvgIpc) is 2.86. The van der Waals surface area contributed by atoms with Gasteiger partial charge in [0.15, 0.2) is 5.65 Å². The summed E-state index contributed by atoms with van der Waals surface area (Å²) in [5.41, 5.74) is 3.45. The van der Waals surface area contributed by atoms with E-state index in [-0.39, 0.29) is 0 Å². The number of hydrogen-bond acceptors (Lipinski definition) is 5. The van der Waals surface area contributed by atoms with Gasteiger partial charge in [0.2, 0.25) is 0 Å². The summed E-state index contributed by atoms with van der Waals surface area (Å²) in [4.78, 5) is 15.6. The van der Waals surface area contributed by atoms with Crippen LogP contribution in [0.4, 0.5) is 0 Å². The Morgan fingerprint density at radius 2 is 2.18 bits per heavy atom. The molecular formula is C16H12N3O2S-. The lowest BCUT2D eigenvalue weighted by Crippen LogP contribution is -2.31. The number of aromatic nitrogens is 2. The van der Waals surface area contributed by atoms with E-state index in [2.05, 4.69) is 11.1 Å². The second-order valence-corrected chi connectivity index (χ2v) is 6.35. The summed E-state index contributed by atoms with van der Waals surface area (Å²) >= 11 is 1.19. The summed E-state index contributed by atoms with van der Waals surface area (Å²) in [5, 5.41) is 20.5. The Morgan fingerprint density at radius 3 is 2.86 bits per heavy atom. The molecule has 0 fully saturated rings. The van der Waals surface area contributed by atoms with Crippen LogP contribution in [0.2, 0.25) is 0 Å². The SMILES string of the molecule is Cc1cc(S[C@H](C)C(=O)[O-])n2c(nc3ccccc32)c1C#N. The number of aryl methyl sites for hydroxylation is 1. The van der Waals surface area contributed by atoms with E-state index in [0.717, 1.165) is 21.6 Å². The molecule has 6 heteroatoms. The van der Waals surface area contributed by atoms with Crippen LogP contribution in [0.25, 0.3) is 16.7 Å². The van der Waals surface area contributed by atoms with Gasteiger partial charge in [-0.15, -0.1) is 0 Å². The standard InChI is InChI=1S/C16H13N3O2S/c1-9-7-14(22-10(2)16(20)21)19-13-6-4-3-5-12(13)18-15(19)11(9)8-17/h3-7,10H,1-2H3,(H,20,21)/p-1/t10-/m1/s1. The number of fused-ring (bicyclic) bond motifs is 3. The number of nitrogens with zero attached hydrogens (tertiary/aromatic N) is 3. The van der Waals surface area contributed by atoms with Crippen LogP contribution in [0.3, 0.4) is 0 Å². The minimum absolute atomic E-state index is 0.502. The third kappa shape index (κ3) is 2.20. The van der Waals surface area contributed by atoms with Crippen LogP contribution >= 0.6 is 11.8 Å². The summed E-state index contributed by atoms with van der Waals surface area (Å²) in [6, 6.07) is 11.5. The minimum Gasteiger partial charge on any atom is -0.549 e. The molecule has 0 aliphatic carbocycles. The number of para-hydroxylation sites is 2. The summed E-state index contributed by atoms with van der Waals surface area (Å²) in [5.74, 6) is -1.12. The zero-order valence-electron chi connectivity index (χ0n) is 12.0. The maximum atomic E-state index is 11.0. The molecule has 1 atom stereocenters. The van der Waals surface area contributed by atoms with E-state index in [9.17, 15) is 15.2 Å². The smallest absolute Gasteiger partial charge is 0.157 e. The van der Waals surface area contributed by atoms with Crippen molar-refractivity contribution in [1.29, 1.82) is 5.26 Å². The first-order chi connectivity index (χ1) is 10.5. The van der Waals surface area contributed by atoms with Gasteiger partial charge in [0.1, 0.15) is 6.07 Å². The molecule has 0 spiro atoms. The van der Waals surface area contributed by atoms with Crippen molar-refractivity contribution >= 4 is 34.4 Å². The molecule has 22 heavy (non-hydrogen) atoms. The van der Waals surface area contributed by atoms with Gasteiger partial charge in [-0.3, -0.25) is 4.40 Å². The Balaban J connectivity index is 2.37. The van der Waals surface area contributed by atoms with Crippen molar-refractivity contribution in [2.24, 2.45) is 0 Å². The van der Waals surface area contributed by atoms with E-state index in [1.165, 1.54) is 11.8 Å². The van der Waals surface area contributed by atoms with Crippen LogP contribution in [-0.2, 0) is 4.79 Å². The lowest BCUT2D eigenvalue weighted by atomic mass is 10.2. The van der Waals surface area contributed by atoms with E-state index < -0.39 is 11.2 Å². The van der Waals surface area contributed by atoms with Gasteiger partial charge in [0, 0.05) is 5.25 Å². The molecule has 0 bridgehead atoms. The Labute approximate surface area is 131 Å². The van der Waals surface area contributed by atoms with E-state index in [4.69, 9.17) is 0 Å². The number of benzene rings is 1. The predicted octanol–water partition coefficient (Wildman–Crippen LogP) is 1.90. The van der Waals surface area contributed by atoms with Gasteiger partial charge in [-0.05, 0) is 37.6 Å². The number of pyridine rings is 1. The maximum Gasteiger partial charge on any atom is 0.157 e. The Bertz CT molecular complexity index is 940. The average molecular weight is 310 g/mol. The molecule has 0 radical (unpaired) electrons. The molecule has 0 aliphatic heterocycles. The zero-order valence-corrected chi connectivity index (χ0v) is 12.8. The second kappa shape index (κ2) is 5.35. The van der Waals surface area contributed by atoms with Crippen LogP contribution in [0.15, 0.2) is 35.4 Å². The van der Waals surface area contributed by atoms with Gasteiger partial charge in [-0.2, -0.15) is 5.26 Å². The van der Waals surface area contributed by atoms with Crippen molar-refractivity contribution in [2.45, 2.75) is 24.1 Å². The second-order valence-electron chi connectivity index (χ2n) is 4.99. The fraction of sp³-hybridized carbons (Fsp3) is 0.188. The summed E-state index contributed by atoms with van der Waals surface area (Å²) < 4.78 is 1.84. The number of carboxylic acids is 1. The molecule has 3 aromatic rings. The van der Waals surface area contributed by atoms with Gasteiger partial charge in [0.05, 0.1) is 27.6 Å². The first-order valence-corrected chi connectivity index (χ1v) is 7.59. The highest BCUT2D eigenvalue weighted by molar-refractivity contribution is 8.00. The molecule has 1 aromatic carbocycles. The predicted molar refractivity (Wildman–Crippen MR) is 82.5 cm³/mol. The van der Waals surface area contributed by atoms with E-state index in [1.807, 2.05) is 41.7 Å². The van der Waals surface area contributed by atoms with Crippen molar-refractivity contribution in [2.75, 3.05) is 0 Å². The van der Waals surface area contributed by atoms with E-state index in [0.29, 0.717) is 11.2 Å². The molecule has 5 nitrogen and oxygen atoms in total. The maximum absolute atomic E-state index is 11.0. The number of carbonyl (C=O) groups excluding carboxylic acids is 1. The molecule has 2 aromatic heterocycles. The molecule has 0 N–H and O–H groups in total. The van der Waals surface area contributed by atoms with Crippen LogP contribution in [-0.4, -0.2) is 20.6 Å². The van der Waals surface area contributed by atoms with Crippen LogP contribution in [0.5, 0.6) is 0 Å². The molecule has 0 aliphatic rings. The first-order valence-electron chi connectivity index (χ1n) is 6.71. The molecule has 3 rings (SSSR count). The summed E-state index contributed by atoms with van der Waals surface area (Å²) in [6.45, 7) is 3.41. The number of thioether (sulfide) groups is 1. The van der Waals surface area contributed by atoms with Crippen molar-refractivity contribution in [1.82, 2.24) is 9.38 Å². The Morgan fingerprint density at radius 1 is 1.45 bits per heavy atom. The number of imidazole rings is 1. The van der Waals surface area contributed by atoms with Crippen LogP contribution < -0.4 is 5.11 Å². The molecule has 0 amide bonds. The van der Waals surface area contributed by atoms with Gasteiger partial charge in [-0.1, -0.05) is 23.9 Å². The third-order valence-electron chi connectivity index (χ3n) is 3.48.